The molecule has 2 aromatic carbocycles. The number of aromatic nitrogens is 2. The second kappa shape index (κ2) is 8.70. The fraction of sp³-hybridized carbons (Fsp3) is 0.0952. The van der Waals surface area contributed by atoms with Crippen molar-refractivity contribution in [3.63, 3.8) is 0 Å². The molecule has 0 aliphatic carbocycles. The van der Waals surface area contributed by atoms with Crippen LogP contribution in [0.4, 0.5) is 5.82 Å². The molecule has 9 heteroatoms. The van der Waals surface area contributed by atoms with Gasteiger partial charge in [0.05, 0.1) is 11.6 Å². The van der Waals surface area contributed by atoms with Crippen LogP contribution in [0.2, 0.25) is 0 Å². The molecule has 0 bridgehead atoms. The minimum atomic E-state index is -0.728. The lowest BCUT2D eigenvalue weighted by molar-refractivity contribution is -0.118. The average molecular weight is 402 g/mol. The van der Waals surface area contributed by atoms with Crippen molar-refractivity contribution in [2.45, 2.75) is 13.0 Å². The van der Waals surface area contributed by atoms with Crippen LogP contribution in [0.3, 0.4) is 0 Å². The highest BCUT2D eigenvalue weighted by Crippen LogP contribution is 2.25. The molecule has 0 spiro atoms. The molecular weight excluding hydrogens is 384 g/mol. The molecule has 1 aromatic heterocycles. The summed E-state index contributed by atoms with van der Waals surface area (Å²) >= 11 is 0. The molecule has 1 atom stereocenters. The van der Waals surface area contributed by atoms with Gasteiger partial charge in [0.15, 0.2) is 5.82 Å². The normalized spacial score (nSPS) is 11.2. The maximum Gasteiger partial charge on any atom is 0.267 e. The molecule has 0 aliphatic rings. The largest absolute Gasteiger partial charge is 0.457 e. The highest BCUT2D eigenvalue weighted by molar-refractivity contribution is 5.92. The van der Waals surface area contributed by atoms with E-state index in [0.29, 0.717) is 22.6 Å². The van der Waals surface area contributed by atoms with Crippen molar-refractivity contribution in [3.8, 4) is 29.0 Å². The van der Waals surface area contributed by atoms with Crippen LogP contribution >= 0.6 is 0 Å². The van der Waals surface area contributed by atoms with Gasteiger partial charge in [0.25, 0.3) is 5.91 Å². The smallest absolute Gasteiger partial charge is 0.267 e. The van der Waals surface area contributed by atoms with Gasteiger partial charge in [-0.25, -0.2) is 9.97 Å². The summed E-state index contributed by atoms with van der Waals surface area (Å²) in [5, 5.41) is 11.7. The fourth-order valence-corrected chi connectivity index (χ4v) is 2.48. The van der Waals surface area contributed by atoms with E-state index >= 15 is 0 Å². The number of nitriles is 1. The van der Waals surface area contributed by atoms with E-state index in [1.807, 2.05) is 6.07 Å². The Bertz CT molecular complexity index is 1120. The van der Waals surface area contributed by atoms with Gasteiger partial charge in [-0.15, -0.1) is 0 Å². The molecule has 3 aromatic rings. The molecule has 5 N–H and O–H groups in total. The van der Waals surface area contributed by atoms with Crippen LogP contribution in [-0.4, -0.2) is 27.8 Å². The summed E-state index contributed by atoms with van der Waals surface area (Å²) in [6.07, 6.45) is 0. The Labute approximate surface area is 172 Å². The third-order valence-corrected chi connectivity index (χ3v) is 4.10. The van der Waals surface area contributed by atoms with Gasteiger partial charge in [-0.05, 0) is 55.5 Å². The second-order valence-electron chi connectivity index (χ2n) is 6.36. The Balaban J connectivity index is 1.85. The summed E-state index contributed by atoms with van der Waals surface area (Å²) in [4.78, 5) is 31.4. The zero-order chi connectivity index (χ0) is 21.7. The van der Waals surface area contributed by atoms with E-state index in [1.54, 1.807) is 55.5 Å². The van der Waals surface area contributed by atoms with Crippen molar-refractivity contribution in [2.24, 2.45) is 11.5 Å². The summed E-state index contributed by atoms with van der Waals surface area (Å²) in [5.74, 6) is 0.346. The van der Waals surface area contributed by atoms with Crippen LogP contribution in [0.15, 0.2) is 54.6 Å². The van der Waals surface area contributed by atoms with Crippen LogP contribution in [-0.2, 0) is 4.79 Å². The topological polar surface area (TPSA) is 157 Å². The quantitative estimate of drug-likeness (QED) is 0.546. The number of benzene rings is 2. The third kappa shape index (κ3) is 4.88. The zero-order valence-corrected chi connectivity index (χ0v) is 16.0. The third-order valence-electron chi connectivity index (χ3n) is 4.10. The minimum Gasteiger partial charge on any atom is -0.457 e. The molecule has 9 nitrogen and oxygen atoms in total. The van der Waals surface area contributed by atoms with Crippen LogP contribution in [0.25, 0.3) is 11.4 Å². The number of primary amides is 2. The summed E-state index contributed by atoms with van der Waals surface area (Å²) in [6, 6.07) is 16.3. The molecule has 30 heavy (non-hydrogen) atoms. The number of hydrogen-bond donors (Lipinski definition) is 3. The summed E-state index contributed by atoms with van der Waals surface area (Å²) in [6.45, 7) is 1.57. The van der Waals surface area contributed by atoms with E-state index < -0.39 is 17.9 Å². The molecule has 0 unspecified atom stereocenters. The molecule has 1 heterocycles. The molecule has 3 rings (SSSR count). The SMILES string of the molecule is C[C@H](Nc1cc(C(N)=O)nc(-c2ccc(Oc3ccc(C#N)cc3)cc2)n1)C(N)=O. The number of carbonyl (C=O) groups is 2. The molecule has 0 aliphatic heterocycles. The van der Waals surface area contributed by atoms with Gasteiger partial charge in [0.2, 0.25) is 5.91 Å². The monoisotopic (exact) mass is 402 g/mol. The lowest BCUT2D eigenvalue weighted by Gasteiger charge is -2.13. The van der Waals surface area contributed by atoms with E-state index in [0.717, 1.165) is 0 Å². The standard InChI is InChI=1S/C21H18N6O3/c1-12(19(23)28)25-18-10-17(20(24)29)26-21(27-18)14-4-8-16(9-5-14)30-15-6-2-13(11-22)3-7-15/h2-10,12H,1H3,(H2,23,28)(H2,24,29)(H,25,26,27)/t12-/m0/s1. The molecule has 2 amide bonds. The predicted octanol–water partition coefficient (Wildman–Crippen LogP) is 2.19. The van der Waals surface area contributed by atoms with Crippen molar-refractivity contribution in [1.82, 2.24) is 9.97 Å². The lowest BCUT2D eigenvalue weighted by Crippen LogP contribution is -2.33. The van der Waals surface area contributed by atoms with E-state index in [4.69, 9.17) is 21.5 Å². The maximum absolute atomic E-state index is 11.6. The summed E-state index contributed by atoms with van der Waals surface area (Å²) in [5.41, 5.74) is 11.8. The maximum atomic E-state index is 11.6. The Kier molecular flexibility index (Phi) is 5.89. The van der Waals surface area contributed by atoms with Crippen molar-refractivity contribution in [3.05, 3.63) is 65.9 Å². The van der Waals surface area contributed by atoms with Crippen LogP contribution in [0, 0.1) is 11.3 Å². The molecule has 0 radical (unpaired) electrons. The molecular formula is C21H18N6O3. The van der Waals surface area contributed by atoms with E-state index in [1.165, 1.54) is 6.07 Å². The van der Waals surface area contributed by atoms with Gasteiger partial charge in [0, 0.05) is 11.6 Å². The number of ether oxygens (including phenoxy) is 1. The van der Waals surface area contributed by atoms with Crippen molar-refractivity contribution in [1.29, 1.82) is 5.26 Å². The van der Waals surface area contributed by atoms with Gasteiger partial charge in [-0.2, -0.15) is 5.26 Å². The number of nitrogens with one attached hydrogen (secondary N) is 1. The number of nitrogens with zero attached hydrogens (tertiary/aromatic N) is 3. The average Bonchev–Trinajstić information content (AvgIpc) is 2.74. The van der Waals surface area contributed by atoms with E-state index in [9.17, 15) is 9.59 Å². The van der Waals surface area contributed by atoms with Crippen LogP contribution in [0.1, 0.15) is 23.0 Å². The second-order valence-corrected chi connectivity index (χ2v) is 6.36. The van der Waals surface area contributed by atoms with Gasteiger partial charge < -0.3 is 21.5 Å². The number of carbonyl (C=O) groups excluding carboxylic acids is 2. The molecule has 150 valence electrons. The first-order valence-corrected chi connectivity index (χ1v) is 8.89. The summed E-state index contributed by atoms with van der Waals surface area (Å²) in [7, 11) is 0. The number of anilines is 1. The molecule has 0 saturated carbocycles. The Morgan fingerprint density at radius 3 is 2.17 bits per heavy atom. The first-order valence-electron chi connectivity index (χ1n) is 8.89. The van der Waals surface area contributed by atoms with Crippen molar-refractivity contribution < 1.29 is 14.3 Å². The number of amides is 2. The Morgan fingerprint density at radius 1 is 1.03 bits per heavy atom. The highest BCUT2D eigenvalue weighted by Gasteiger charge is 2.14. The zero-order valence-electron chi connectivity index (χ0n) is 16.0. The van der Waals surface area contributed by atoms with Gasteiger partial charge >= 0.3 is 0 Å². The highest BCUT2D eigenvalue weighted by atomic mass is 16.5. The summed E-state index contributed by atoms with van der Waals surface area (Å²) < 4.78 is 5.75. The first-order chi connectivity index (χ1) is 14.4. The van der Waals surface area contributed by atoms with Gasteiger partial charge in [-0.1, -0.05) is 0 Å². The fourth-order valence-electron chi connectivity index (χ4n) is 2.48. The molecule has 0 saturated heterocycles. The van der Waals surface area contributed by atoms with Gasteiger partial charge in [0.1, 0.15) is 29.1 Å². The Hall–Kier alpha value is -4.45. The van der Waals surface area contributed by atoms with E-state index in [-0.39, 0.29) is 17.3 Å². The number of rotatable bonds is 7. The molecule has 0 fully saturated rings. The Morgan fingerprint density at radius 2 is 1.63 bits per heavy atom. The van der Waals surface area contributed by atoms with Gasteiger partial charge in [-0.3, -0.25) is 9.59 Å². The van der Waals surface area contributed by atoms with Crippen LogP contribution in [0.5, 0.6) is 11.5 Å². The number of hydrogen-bond acceptors (Lipinski definition) is 7. The van der Waals surface area contributed by atoms with E-state index in [2.05, 4.69) is 15.3 Å². The number of nitrogens with two attached hydrogens (primary N) is 2. The first kappa shape index (κ1) is 20.3. The lowest BCUT2D eigenvalue weighted by atomic mass is 10.2. The minimum absolute atomic E-state index is 0.00270. The van der Waals surface area contributed by atoms with Crippen molar-refractivity contribution in [2.75, 3.05) is 5.32 Å². The predicted molar refractivity (Wildman–Crippen MR) is 109 cm³/mol. The van der Waals surface area contributed by atoms with Crippen LogP contribution < -0.4 is 21.5 Å². The van der Waals surface area contributed by atoms with Crippen molar-refractivity contribution >= 4 is 17.6 Å².